The lowest BCUT2D eigenvalue weighted by Gasteiger charge is -2.40. The molecule has 11 heteroatoms. The topological polar surface area (TPSA) is 114 Å². The zero-order chi connectivity index (χ0) is 35.0. The largest absolute Gasteiger partial charge is 0.378 e. The first-order chi connectivity index (χ1) is 24.4. The standard InChI is InChI=1S/C39H49N7O4/c1-5-38(47)45-27(3)23-34(32-11-7-9-13-36(32)45)40-19-20-49-21-22-50-26-30-25-44(43-42-30)31-17-15-29(16-18-31)41-35-24-28(4)46(39(48)6-2)37-14-10-8-12-33(35)37/h7-18,25,27-28,34-35,40-41H,5-6,19-24,26H2,1-4H3/t27-,28-,34+,35+/m0/s1. The summed E-state index contributed by atoms with van der Waals surface area (Å²) in [6.07, 6.45) is 4.56. The number of hydrogen-bond acceptors (Lipinski definition) is 8. The highest BCUT2D eigenvalue weighted by molar-refractivity contribution is 5.96. The molecule has 11 nitrogen and oxygen atoms in total. The molecule has 0 saturated heterocycles. The minimum atomic E-state index is 0.103. The molecule has 4 atom stereocenters. The van der Waals surface area contributed by atoms with Crippen molar-refractivity contribution in [1.29, 1.82) is 0 Å². The molecule has 0 unspecified atom stereocenters. The van der Waals surface area contributed by atoms with Gasteiger partial charge in [0.1, 0.15) is 5.69 Å². The Bertz CT molecular complexity index is 1740. The predicted molar refractivity (Wildman–Crippen MR) is 196 cm³/mol. The van der Waals surface area contributed by atoms with E-state index < -0.39 is 0 Å². The lowest BCUT2D eigenvalue weighted by atomic mass is 9.91. The summed E-state index contributed by atoms with van der Waals surface area (Å²) in [4.78, 5) is 29.1. The third kappa shape index (κ3) is 7.90. The number of rotatable bonds is 14. The molecule has 0 bridgehead atoms. The maximum absolute atomic E-state index is 12.7. The first-order valence-electron chi connectivity index (χ1n) is 17.9. The number of nitrogens with zero attached hydrogens (tertiary/aromatic N) is 5. The van der Waals surface area contributed by atoms with E-state index in [4.69, 9.17) is 9.47 Å². The van der Waals surface area contributed by atoms with Gasteiger partial charge < -0.3 is 29.9 Å². The van der Waals surface area contributed by atoms with Gasteiger partial charge in [-0.2, -0.15) is 0 Å². The monoisotopic (exact) mass is 679 g/mol. The van der Waals surface area contributed by atoms with Crippen LogP contribution in [0.3, 0.4) is 0 Å². The Morgan fingerprint density at radius 2 is 1.34 bits per heavy atom. The van der Waals surface area contributed by atoms with Crippen LogP contribution in [0.5, 0.6) is 0 Å². The van der Waals surface area contributed by atoms with Crippen LogP contribution >= 0.6 is 0 Å². The number of nitrogens with one attached hydrogen (secondary N) is 2. The van der Waals surface area contributed by atoms with Gasteiger partial charge in [0, 0.05) is 54.6 Å². The van der Waals surface area contributed by atoms with Gasteiger partial charge in [0.05, 0.1) is 44.4 Å². The first-order valence-corrected chi connectivity index (χ1v) is 17.9. The fourth-order valence-electron chi connectivity index (χ4n) is 7.16. The molecule has 2 aliphatic heterocycles. The second-order valence-electron chi connectivity index (χ2n) is 13.1. The van der Waals surface area contributed by atoms with Crippen molar-refractivity contribution in [1.82, 2.24) is 20.3 Å². The molecule has 2 N–H and O–H groups in total. The molecule has 1 aromatic heterocycles. The molecule has 0 radical (unpaired) electrons. The maximum Gasteiger partial charge on any atom is 0.226 e. The van der Waals surface area contributed by atoms with E-state index in [0.717, 1.165) is 52.4 Å². The van der Waals surface area contributed by atoms with Crippen LogP contribution in [0.25, 0.3) is 5.69 Å². The SMILES string of the molecule is CCC(=O)N1c2ccccc2[C@H](NCCOCCOCc2cn(-c3ccc(N[C@@H]4C[C@H](C)N(C(=O)CC)c5ccccc54)cc3)nn2)C[C@@H]1C. The van der Waals surface area contributed by atoms with E-state index in [1.165, 1.54) is 0 Å². The number of carbonyl (C=O) groups is 2. The third-order valence-corrected chi connectivity index (χ3v) is 9.59. The summed E-state index contributed by atoms with van der Waals surface area (Å²) >= 11 is 0. The number of amides is 2. The second kappa shape index (κ2) is 16.4. The molecular formula is C39H49N7O4. The normalized spacial score (nSPS) is 19.9. The lowest BCUT2D eigenvalue weighted by Crippen LogP contribution is -2.45. The van der Waals surface area contributed by atoms with Crippen LogP contribution in [-0.2, 0) is 25.7 Å². The number of anilines is 3. The molecular weight excluding hydrogens is 630 g/mol. The molecule has 0 spiro atoms. The van der Waals surface area contributed by atoms with Gasteiger partial charge in [-0.3, -0.25) is 9.59 Å². The van der Waals surface area contributed by atoms with Crippen molar-refractivity contribution in [2.75, 3.05) is 41.5 Å². The quantitative estimate of drug-likeness (QED) is 0.148. The van der Waals surface area contributed by atoms with E-state index in [1.807, 2.05) is 90.5 Å². The molecule has 0 aliphatic carbocycles. The van der Waals surface area contributed by atoms with Crippen LogP contribution in [0.4, 0.5) is 17.1 Å². The highest BCUT2D eigenvalue weighted by Crippen LogP contribution is 2.40. The van der Waals surface area contributed by atoms with Crippen LogP contribution in [0.2, 0.25) is 0 Å². The van der Waals surface area contributed by atoms with Gasteiger partial charge in [0.25, 0.3) is 0 Å². The highest BCUT2D eigenvalue weighted by Gasteiger charge is 2.34. The molecule has 3 heterocycles. The summed E-state index contributed by atoms with van der Waals surface area (Å²) in [6, 6.07) is 25.0. The Balaban J connectivity index is 0.921. The van der Waals surface area contributed by atoms with Crippen LogP contribution < -0.4 is 20.4 Å². The van der Waals surface area contributed by atoms with Crippen molar-refractivity contribution in [2.45, 2.75) is 84.2 Å². The molecule has 3 aromatic carbocycles. The number of para-hydroxylation sites is 2. The summed E-state index contributed by atoms with van der Waals surface area (Å²) < 4.78 is 13.4. The van der Waals surface area contributed by atoms with E-state index in [-0.39, 0.29) is 36.0 Å². The Hall–Kier alpha value is -4.58. The molecule has 2 aliphatic rings. The first kappa shape index (κ1) is 35.3. The molecule has 50 heavy (non-hydrogen) atoms. The van der Waals surface area contributed by atoms with Crippen molar-refractivity contribution in [3.05, 3.63) is 95.8 Å². The van der Waals surface area contributed by atoms with Gasteiger partial charge in [0.2, 0.25) is 11.8 Å². The molecule has 2 amide bonds. The Morgan fingerprint density at radius 1 is 0.760 bits per heavy atom. The Kier molecular flexibility index (Phi) is 11.6. The van der Waals surface area contributed by atoms with Gasteiger partial charge in [-0.25, -0.2) is 4.68 Å². The molecule has 0 saturated carbocycles. The summed E-state index contributed by atoms with van der Waals surface area (Å²) in [5, 5.41) is 15.9. The van der Waals surface area contributed by atoms with E-state index in [1.54, 1.807) is 4.68 Å². The minimum absolute atomic E-state index is 0.103. The van der Waals surface area contributed by atoms with Crippen LogP contribution in [0.1, 0.15) is 82.3 Å². The van der Waals surface area contributed by atoms with Crippen LogP contribution in [-0.4, -0.2) is 65.3 Å². The summed E-state index contributed by atoms with van der Waals surface area (Å²) in [7, 11) is 0. The van der Waals surface area contributed by atoms with Crippen LogP contribution in [0, 0.1) is 0 Å². The zero-order valence-electron chi connectivity index (χ0n) is 29.5. The second-order valence-corrected chi connectivity index (χ2v) is 13.1. The number of fused-ring (bicyclic) bond motifs is 2. The number of hydrogen-bond donors (Lipinski definition) is 2. The number of ether oxygens (including phenoxy) is 2. The van der Waals surface area contributed by atoms with Crippen molar-refractivity contribution in [3.8, 4) is 5.69 Å². The van der Waals surface area contributed by atoms with E-state index in [9.17, 15) is 9.59 Å². The number of carbonyl (C=O) groups excluding carboxylic acids is 2. The van der Waals surface area contributed by atoms with E-state index in [2.05, 4.69) is 46.9 Å². The minimum Gasteiger partial charge on any atom is -0.378 e. The summed E-state index contributed by atoms with van der Waals surface area (Å²) in [5.41, 5.74) is 6.95. The zero-order valence-corrected chi connectivity index (χ0v) is 29.5. The van der Waals surface area contributed by atoms with Crippen LogP contribution in [0.15, 0.2) is 79.0 Å². The Morgan fingerprint density at radius 3 is 1.98 bits per heavy atom. The Labute approximate surface area is 294 Å². The fraction of sp³-hybridized carbons (Fsp3) is 0.436. The van der Waals surface area contributed by atoms with Gasteiger partial charge in [0.15, 0.2) is 0 Å². The average Bonchev–Trinajstić information content (AvgIpc) is 3.61. The van der Waals surface area contributed by atoms with Crippen molar-refractivity contribution in [2.24, 2.45) is 0 Å². The van der Waals surface area contributed by atoms with Crippen molar-refractivity contribution in [3.63, 3.8) is 0 Å². The van der Waals surface area contributed by atoms with Gasteiger partial charge in [-0.05, 0) is 74.2 Å². The molecule has 0 fully saturated rings. The maximum atomic E-state index is 12.7. The fourth-order valence-corrected chi connectivity index (χ4v) is 7.16. The van der Waals surface area contributed by atoms with Gasteiger partial charge >= 0.3 is 0 Å². The molecule has 264 valence electrons. The average molecular weight is 680 g/mol. The van der Waals surface area contributed by atoms with Crippen molar-refractivity contribution < 1.29 is 19.1 Å². The summed E-state index contributed by atoms with van der Waals surface area (Å²) in [5.74, 6) is 0.312. The predicted octanol–water partition coefficient (Wildman–Crippen LogP) is 6.36. The summed E-state index contributed by atoms with van der Waals surface area (Å²) in [6.45, 7) is 10.6. The van der Waals surface area contributed by atoms with E-state index in [0.29, 0.717) is 45.8 Å². The van der Waals surface area contributed by atoms with E-state index >= 15 is 0 Å². The lowest BCUT2D eigenvalue weighted by molar-refractivity contribution is -0.119. The smallest absolute Gasteiger partial charge is 0.226 e. The highest BCUT2D eigenvalue weighted by atomic mass is 16.5. The molecule has 6 rings (SSSR count). The molecule has 4 aromatic rings. The third-order valence-electron chi connectivity index (χ3n) is 9.59. The number of aromatic nitrogens is 3. The van der Waals surface area contributed by atoms with Gasteiger partial charge in [-0.15, -0.1) is 5.10 Å². The number of benzene rings is 3. The van der Waals surface area contributed by atoms with Gasteiger partial charge in [-0.1, -0.05) is 55.5 Å². The van der Waals surface area contributed by atoms with Crippen molar-refractivity contribution >= 4 is 28.9 Å².